The molecule has 2 heterocycles. The molecule has 0 spiro atoms. The fraction of sp³-hybridized carbons (Fsp3) is 0.125. The number of hydrogen-bond acceptors (Lipinski definition) is 4. The molecule has 0 aliphatic heterocycles. The summed E-state index contributed by atoms with van der Waals surface area (Å²) < 4.78 is 15.3. The van der Waals surface area contributed by atoms with Crippen molar-refractivity contribution in [1.29, 1.82) is 0 Å². The summed E-state index contributed by atoms with van der Waals surface area (Å²) in [5.74, 6) is -0.196. The monoisotopic (exact) mass is 311 g/mol. The van der Waals surface area contributed by atoms with Crippen LogP contribution in [0.4, 0.5) is 4.39 Å². The molecule has 0 radical (unpaired) electrons. The minimum Gasteiger partial charge on any atom is -0.337 e. The van der Waals surface area contributed by atoms with E-state index in [1.165, 1.54) is 30.7 Å². The van der Waals surface area contributed by atoms with E-state index in [0.717, 1.165) is 0 Å². The zero-order valence-electron chi connectivity index (χ0n) is 12.3. The Morgan fingerprint density at radius 3 is 2.78 bits per heavy atom. The molecule has 1 atom stereocenters. The first-order valence-corrected chi connectivity index (χ1v) is 6.94. The average Bonchev–Trinajstić information content (AvgIpc) is 2.99. The van der Waals surface area contributed by atoms with Gasteiger partial charge in [0.25, 0.3) is 5.91 Å². The van der Waals surface area contributed by atoms with Crippen LogP contribution < -0.4 is 5.32 Å². The van der Waals surface area contributed by atoms with Crippen molar-refractivity contribution in [1.82, 2.24) is 24.8 Å². The van der Waals surface area contributed by atoms with Gasteiger partial charge in [-0.3, -0.25) is 9.78 Å². The second-order valence-electron chi connectivity index (χ2n) is 4.95. The highest BCUT2D eigenvalue weighted by molar-refractivity contribution is 5.92. The molecule has 6 nitrogen and oxygen atoms in total. The first-order valence-electron chi connectivity index (χ1n) is 6.94. The van der Waals surface area contributed by atoms with Crippen molar-refractivity contribution in [2.75, 3.05) is 0 Å². The van der Waals surface area contributed by atoms with Crippen molar-refractivity contribution < 1.29 is 9.18 Å². The molecule has 0 saturated carbocycles. The van der Waals surface area contributed by atoms with Crippen LogP contribution in [0.3, 0.4) is 0 Å². The molecule has 1 N–H and O–H groups in total. The molecule has 3 aromatic rings. The molecule has 23 heavy (non-hydrogen) atoms. The summed E-state index contributed by atoms with van der Waals surface area (Å²) in [6, 6.07) is 5.45. The van der Waals surface area contributed by atoms with E-state index >= 15 is 0 Å². The quantitative estimate of drug-likeness (QED) is 0.798. The van der Waals surface area contributed by atoms with Gasteiger partial charge in [0.05, 0.1) is 6.20 Å². The normalized spacial score (nSPS) is 11.9. The van der Waals surface area contributed by atoms with Gasteiger partial charge >= 0.3 is 0 Å². The van der Waals surface area contributed by atoms with Crippen LogP contribution in [0.1, 0.15) is 27.9 Å². The predicted octanol–water partition coefficient (Wildman–Crippen LogP) is 1.87. The molecule has 7 heteroatoms. The number of carbonyl (C=O) groups excluding carboxylic acids is 1. The number of amides is 1. The second-order valence-corrected chi connectivity index (χ2v) is 4.95. The molecule has 1 amide bonds. The fourth-order valence-corrected chi connectivity index (χ4v) is 2.26. The molecule has 1 unspecified atom stereocenters. The van der Waals surface area contributed by atoms with E-state index in [-0.39, 0.29) is 11.5 Å². The Morgan fingerprint density at radius 1 is 1.26 bits per heavy atom. The van der Waals surface area contributed by atoms with Gasteiger partial charge in [0.1, 0.15) is 23.4 Å². The molecule has 0 fully saturated rings. The van der Waals surface area contributed by atoms with Gasteiger partial charge < -0.3 is 9.88 Å². The highest BCUT2D eigenvalue weighted by Crippen LogP contribution is 2.21. The van der Waals surface area contributed by atoms with Crippen LogP contribution in [0.25, 0.3) is 0 Å². The highest BCUT2D eigenvalue weighted by atomic mass is 19.1. The maximum absolute atomic E-state index is 13.6. The predicted molar refractivity (Wildman–Crippen MR) is 80.9 cm³/mol. The van der Waals surface area contributed by atoms with Crippen molar-refractivity contribution in [3.8, 4) is 0 Å². The fourth-order valence-electron chi connectivity index (χ4n) is 2.26. The summed E-state index contributed by atoms with van der Waals surface area (Å²) in [6.45, 7) is 0. The van der Waals surface area contributed by atoms with Crippen LogP contribution in [0.5, 0.6) is 0 Å². The molecule has 0 aliphatic rings. The molecule has 0 saturated heterocycles. The third-order valence-corrected chi connectivity index (χ3v) is 3.37. The van der Waals surface area contributed by atoms with E-state index in [2.05, 4.69) is 20.3 Å². The zero-order chi connectivity index (χ0) is 16.2. The van der Waals surface area contributed by atoms with Gasteiger partial charge in [-0.2, -0.15) is 0 Å². The summed E-state index contributed by atoms with van der Waals surface area (Å²) in [7, 11) is 1.81. The van der Waals surface area contributed by atoms with E-state index in [0.29, 0.717) is 11.4 Å². The van der Waals surface area contributed by atoms with Crippen LogP contribution in [-0.4, -0.2) is 25.4 Å². The Bertz CT molecular complexity index is 818. The van der Waals surface area contributed by atoms with Gasteiger partial charge in [-0.25, -0.2) is 14.4 Å². The van der Waals surface area contributed by atoms with Crippen molar-refractivity contribution in [2.24, 2.45) is 7.05 Å². The lowest BCUT2D eigenvalue weighted by Gasteiger charge is -2.19. The molecule has 0 bridgehead atoms. The topological polar surface area (TPSA) is 72.7 Å². The average molecular weight is 311 g/mol. The number of aromatic nitrogens is 4. The summed E-state index contributed by atoms with van der Waals surface area (Å²) in [4.78, 5) is 24.5. The van der Waals surface area contributed by atoms with Crippen molar-refractivity contribution in [3.05, 3.63) is 78.1 Å². The first-order chi connectivity index (χ1) is 11.1. The third-order valence-electron chi connectivity index (χ3n) is 3.37. The van der Waals surface area contributed by atoms with E-state index in [4.69, 9.17) is 0 Å². The Hall–Kier alpha value is -3.09. The third kappa shape index (κ3) is 3.23. The first kappa shape index (κ1) is 14.8. The van der Waals surface area contributed by atoms with Gasteiger partial charge in [-0.05, 0) is 17.7 Å². The standard InChI is InChI=1S/C16H14FN5O/c1-22-8-7-20-15(22)14(11-3-2-4-12(17)9-11)21-16(23)13-10-18-5-6-19-13/h2-10,14H,1H3,(H,21,23). The molecular formula is C16H14FN5O. The van der Waals surface area contributed by atoms with Crippen molar-refractivity contribution >= 4 is 5.91 Å². The SMILES string of the molecule is Cn1ccnc1C(NC(=O)c1cnccn1)c1cccc(F)c1. The number of imidazole rings is 1. The Balaban J connectivity index is 1.96. The van der Waals surface area contributed by atoms with Crippen molar-refractivity contribution in [2.45, 2.75) is 6.04 Å². The summed E-state index contributed by atoms with van der Waals surface area (Å²) in [5, 5.41) is 2.83. The number of nitrogens with zero attached hydrogens (tertiary/aromatic N) is 4. The van der Waals surface area contributed by atoms with Gasteiger partial charge in [-0.15, -0.1) is 0 Å². The lowest BCUT2D eigenvalue weighted by atomic mass is 10.1. The molecule has 2 aromatic heterocycles. The van der Waals surface area contributed by atoms with E-state index < -0.39 is 11.9 Å². The van der Waals surface area contributed by atoms with Gasteiger partial charge in [0.15, 0.2) is 0 Å². The van der Waals surface area contributed by atoms with Crippen LogP contribution in [0.2, 0.25) is 0 Å². The summed E-state index contributed by atoms with van der Waals surface area (Å²) in [6.07, 6.45) is 7.68. The van der Waals surface area contributed by atoms with Gasteiger partial charge in [0.2, 0.25) is 0 Å². The summed E-state index contributed by atoms with van der Waals surface area (Å²) in [5.41, 5.74) is 0.777. The smallest absolute Gasteiger partial charge is 0.272 e. The van der Waals surface area contributed by atoms with Gasteiger partial charge in [-0.1, -0.05) is 12.1 Å². The minimum absolute atomic E-state index is 0.183. The largest absolute Gasteiger partial charge is 0.337 e. The Labute approximate surface area is 132 Å². The number of aryl methyl sites for hydroxylation is 1. The molecule has 0 aliphatic carbocycles. The number of hydrogen-bond donors (Lipinski definition) is 1. The van der Waals surface area contributed by atoms with Crippen molar-refractivity contribution in [3.63, 3.8) is 0 Å². The van der Waals surface area contributed by atoms with Crippen LogP contribution in [0.15, 0.2) is 55.2 Å². The Morgan fingerprint density at radius 2 is 2.13 bits per heavy atom. The molecule has 3 rings (SSSR count). The highest BCUT2D eigenvalue weighted by Gasteiger charge is 2.22. The van der Waals surface area contributed by atoms with E-state index in [9.17, 15) is 9.18 Å². The van der Waals surface area contributed by atoms with E-state index in [1.807, 2.05) is 7.05 Å². The lowest BCUT2D eigenvalue weighted by Crippen LogP contribution is -2.31. The number of halogens is 1. The molecular weight excluding hydrogens is 297 g/mol. The molecule has 1 aromatic carbocycles. The Kier molecular flexibility index (Phi) is 4.09. The van der Waals surface area contributed by atoms with Crippen LogP contribution in [-0.2, 0) is 7.05 Å². The molecule has 116 valence electrons. The maximum atomic E-state index is 13.6. The summed E-state index contributed by atoms with van der Waals surface area (Å²) >= 11 is 0. The number of nitrogens with one attached hydrogen (secondary N) is 1. The van der Waals surface area contributed by atoms with Crippen LogP contribution in [0, 0.1) is 5.82 Å². The van der Waals surface area contributed by atoms with Gasteiger partial charge in [0, 0.05) is 31.8 Å². The maximum Gasteiger partial charge on any atom is 0.272 e. The lowest BCUT2D eigenvalue weighted by molar-refractivity contribution is 0.0935. The van der Waals surface area contributed by atoms with E-state index in [1.54, 1.807) is 29.1 Å². The minimum atomic E-state index is -0.597. The zero-order valence-corrected chi connectivity index (χ0v) is 12.3. The second kappa shape index (κ2) is 6.35. The number of benzene rings is 1. The number of carbonyl (C=O) groups is 1. The number of rotatable bonds is 4. The van der Waals surface area contributed by atoms with Crippen LogP contribution >= 0.6 is 0 Å².